The van der Waals surface area contributed by atoms with Gasteiger partial charge in [0.15, 0.2) is 18.1 Å². The third kappa shape index (κ3) is 8.00. The number of carbonyl (C=O) groups is 3. The van der Waals surface area contributed by atoms with Gasteiger partial charge < -0.3 is 24.8 Å². The van der Waals surface area contributed by atoms with Gasteiger partial charge in [-0.25, -0.2) is 0 Å². The van der Waals surface area contributed by atoms with Gasteiger partial charge in [-0.05, 0) is 76.9 Å². The lowest BCUT2D eigenvalue weighted by Gasteiger charge is -2.11. The average molecular weight is 576 g/mol. The molecule has 188 valence electrons. The van der Waals surface area contributed by atoms with Gasteiger partial charge in [-0.3, -0.25) is 14.4 Å². The number of nitrogens with one attached hydrogen (secondary N) is 2. The molecule has 0 atom stereocenters. The maximum Gasteiger partial charge on any atom is 0.306 e. The highest BCUT2D eigenvalue weighted by molar-refractivity contribution is 9.10. The third-order valence-corrected chi connectivity index (χ3v) is 6.09. The van der Waals surface area contributed by atoms with E-state index >= 15 is 0 Å². The van der Waals surface area contributed by atoms with Crippen LogP contribution in [0.4, 0.5) is 11.4 Å². The molecule has 0 spiro atoms. The molecule has 0 aliphatic carbocycles. The van der Waals surface area contributed by atoms with E-state index in [0.717, 1.165) is 5.56 Å². The number of halogens is 2. The first kappa shape index (κ1) is 27.0. The van der Waals surface area contributed by atoms with Crippen LogP contribution in [0.15, 0.2) is 65.1 Å². The number of hydrogen-bond donors (Lipinski definition) is 2. The van der Waals surface area contributed by atoms with E-state index in [1.54, 1.807) is 55.6 Å². The number of methoxy groups -OCH3 is 1. The fraction of sp³-hybridized carbons (Fsp3) is 0.192. The van der Waals surface area contributed by atoms with Crippen LogP contribution >= 0.6 is 27.5 Å². The molecule has 3 rings (SSSR count). The van der Waals surface area contributed by atoms with Crippen LogP contribution in [0.25, 0.3) is 0 Å². The highest BCUT2D eigenvalue weighted by atomic mass is 79.9. The van der Waals surface area contributed by atoms with Crippen molar-refractivity contribution in [1.82, 2.24) is 0 Å². The maximum atomic E-state index is 12.2. The molecular weight excluding hydrogens is 552 g/mol. The van der Waals surface area contributed by atoms with Crippen molar-refractivity contribution in [3.05, 3.63) is 75.7 Å². The van der Waals surface area contributed by atoms with Crippen LogP contribution in [-0.2, 0) is 19.1 Å². The van der Waals surface area contributed by atoms with Crippen molar-refractivity contribution in [2.75, 3.05) is 24.4 Å². The summed E-state index contributed by atoms with van der Waals surface area (Å²) in [4.78, 5) is 36.2. The predicted octanol–water partition coefficient (Wildman–Crippen LogP) is 6.11. The molecule has 0 heterocycles. The molecule has 0 bridgehead atoms. The van der Waals surface area contributed by atoms with E-state index in [9.17, 15) is 14.4 Å². The van der Waals surface area contributed by atoms with Gasteiger partial charge in [-0.2, -0.15) is 0 Å². The normalized spacial score (nSPS) is 10.3. The van der Waals surface area contributed by atoms with Gasteiger partial charge in [0.2, 0.25) is 5.91 Å². The molecule has 0 unspecified atom stereocenters. The Morgan fingerprint density at radius 3 is 2.31 bits per heavy atom. The molecular formula is C26H24BrClN2O6. The van der Waals surface area contributed by atoms with Crippen LogP contribution in [0.5, 0.6) is 17.2 Å². The van der Waals surface area contributed by atoms with E-state index < -0.39 is 18.5 Å². The maximum absolute atomic E-state index is 12.2. The van der Waals surface area contributed by atoms with Crippen LogP contribution in [0, 0.1) is 6.92 Å². The first-order valence-corrected chi connectivity index (χ1v) is 12.0. The standard InChI is InChI=1S/C26H24BrClN2O6/c1-16-13-19(27)20(28)14-21(16)30-25(32)15-35-26(33)12-11-24(31)29-17-7-9-18(10-8-17)36-23-6-4-3-5-22(23)34-2/h3-10,13-14H,11-12,15H2,1-2H3,(H,29,31)(H,30,32). The van der Waals surface area contributed by atoms with Gasteiger partial charge in [0.1, 0.15) is 5.75 Å². The minimum absolute atomic E-state index is 0.0959. The van der Waals surface area contributed by atoms with Crippen LogP contribution in [-0.4, -0.2) is 31.5 Å². The fourth-order valence-corrected chi connectivity index (χ4v) is 3.68. The van der Waals surface area contributed by atoms with E-state index in [1.807, 2.05) is 19.1 Å². The second-order valence-corrected chi connectivity index (χ2v) is 8.88. The average Bonchev–Trinajstić information content (AvgIpc) is 2.86. The molecule has 8 nitrogen and oxygen atoms in total. The monoisotopic (exact) mass is 574 g/mol. The summed E-state index contributed by atoms with van der Waals surface area (Å²) >= 11 is 9.35. The van der Waals surface area contributed by atoms with Crippen molar-refractivity contribution in [2.24, 2.45) is 0 Å². The molecule has 3 aromatic carbocycles. The van der Waals surface area contributed by atoms with E-state index in [4.69, 9.17) is 25.8 Å². The summed E-state index contributed by atoms with van der Waals surface area (Å²) in [6.45, 7) is 1.34. The Morgan fingerprint density at radius 1 is 0.917 bits per heavy atom. The summed E-state index contributed by atoms with van der Waals surface area (Å²) in [6, 6.07) is 17.4. The lowest BCUT2D eigenvalue weighted by Crippen LogP contribution is -2.22. The predicted molar refractivity (Wildman–Crippen MR) is 141 cm³/mol. The second-order valence-electron chi connectivity index (χ2n) is 7.62. The van der Waals surface area contributed by atoms with Crippen LogP contribution < -0.4 is 20.1 Å². The Bertz CT molecular complexity index is 1250. The molecule has 3 aromatic rings. The number of amides is 2. The summed E-state index contributed by atoms with van der Waals surface area (Å²) < 4.78 is 16.7. The second kappa shape index (κ2) is 12.9. The SMILES string of the molecule is COc1ccccc1Oc1ccc(NC(=O)CCC(=O)OCC(=O)Nc2cc(Cl)c(Br)cc2C)cc1. The third-order valence-electron chi connectivity index (χ3n) is 4.90. The summed E-state index contributed by atoms with van der Waals surface area (Å²) in [6.07, 6.45) is -0.265. The van der Waals surface area contributed by atoms with Crippen molar-refractivity contribution in [1.29, 1.82) is 0 Å². The quantitative estimate of drug-likeness (QED) is 0.283. The Labute approximate surface area is 222 Å². The minimum atomic E-state index is -0.661. The van der Waals surface area contributed by atoms with E-state index in [2.05, 4.69) is 26.6 Å². The van der Waals surface area contributed by atoms with Crippen molar-refractivity contribution < 1.29 is 28.6 Å². The van der Waals surface area contributed by atoms with Gasteiger partial charge >= 0.3 is 5.97 Å². The smallest absolute Gasteiger partial charge is 0.306 e. The lowest BCUT2D eigenvalue weighted by molar-refractivity contribution is -0.147. The molecule has 10 heteroatoms. The number of hydrogen-bond acceptors (Lipinski definition) is 6. The fourth-order valence-electron chi connectivity index (χ4n) is 3.06. The number of ether oxygens (including phenoxy) is 3. The topological polar surface area (TPSA) is 103 Å². The van der Waals surface area contributed by atoms with E-state index in [0.29, 0.717) is 38.1 Å². The summed E-state index contributed by atoms with van der Waals surface area (Å²) in [5.74, 6) is 0.206. The van der Waals surface area contributed by atoms with Crippen molar-refractivity contribution >= 4 is 56.7 Å². The molecule has 0 aromatic heterocycles. The van der Waals surface area contributed by atoms with Crippen molar-refractivity contribution in [3.63, 3.8) is 0 Å². The molecule has 0 fully saturated rings. The first-order valence-electron chi connectivity index (χ1n) is 10.9. The van der Waals surface area contributed by atoms with Crippen LogP contribution in [0.3, 0.4) is 0 Å². The Morgan fingerprint density at radius 2 is 1.61 bits per heavy atom. The Hall–Kier alpha value is -3.56. The zero-order valence-corrected chi connectivity index (χ0v) is 21.9. The number of aryl methyl sites for hydroxylation is 1. The van der Waals surface area contributed by atoms with Crippen LogP contribution in [0.1, 0.15) is 18.4 Å². The number of rotatable bonds is 10. The molecule has 0 saturated heterocycles. The van der Waals surface area contributed by atoms with Gasteiger partial charge in [0.25, 0.3) is 5.91 Å². The number of para-hydroxylation sites is 2. The lowest BCUT2D eigenvalue weighted by atomic mass is 10.2. The number of benzene rings is 3. The largest absolute Gasteiger partial charge is 0.493 e. The van der Waals surface area contributed by atoms with Crippen LogP contribution in [0.2, 0.25) is 5.02 Å². The molecule has 2 amide bonds. The summed E-state index contributed by atoms with van der Waals surface area (Å²) in [7, 11) is 1.56. The first-order chi connectivity index (χ1) is 17.2. The van der Waals surface area contributed by atoms with E-state index in [-0.39, 0.29) is 18.7 Å². The highest BCUT2D eigenvalue weighted by Crippen LogP contribution is 2.31. The summed E-state index contributed by atoms with van der Waals surface area (Å²) in [5.41, 5.74) is 1.86. The molecule has 0 aliphatic rings. The minimum Gasteiger partial charge on any atom is -0.493 e. The van der Waals surface area contributed by atoms with E-state index in [1.165, 1.54) is 0 Å². The number of anilines is 2. The summed E-state index contributed by atoms with van der Waals surface area (Å²) in [5, 5.41) is 5.78. The Balaban J connectivity index is 1.40. The van der Waals surface area contributed by atoms with Gasteiger partial charge in [0.05, 0.1) is 18.6 Å². The number of carbonyl (C=O) groups excluding carboxylic acids is 3. The molecule has 2 N–H and O–H groups in total. The number of esters is 1. The van der Waals surface area contributed by atoms with Gasteiger partial charge in [-0.15, -0.1) is 0 Å². The zero-order chi connectivity index (χ0) is 26.1. The van der Waals surface area contributed by atoms with Gasteiger partial charge in [-0.1, -0.05) is 23.7 Å². The molecule has 0 aliphatic heterocycles. The zero-order valence-electron chi connectivity index (χ0n) is 19.6. The Kier molecular flexibility index (Phi) is 9.72. The van der Waals surface area contributed by atoms with Crippen molar-refractivity contribution in [3.8, 4) is 17.2 Å². The van der Waals surface area contributed by atoms with Crippen molar-refractivity contribution in [2.45, 2.75) is 19.8 Å². The highest BCUT2D eigenvalue weighted by Gasteiger charge is 2.13. The molecule has 36 heavy (non-hydrogen) atoms. The molecule has 0 radical (unpaired) electrons. The molecule has 0 saturated carbocycles. The van der Waals surface area contributed by atoms with Gasteiger partial charge in [0, 0.05) is 22.3 Å².